The fraction of sp³-hybridized carbons (Fsp3) is 0.857. The summed E-state index contributed by atoms with van der Waals surface area (Å²) in [5.41, 5.74) is -2.03. The molecule has 0 saturated heterocycles. The predicted molar refractivity (Wildman–Crippen MR) is 145 cm³/mol. The van der Waals surface area contributed by atoms with Gasteiger partial charge in [0, 0.05) is 32.5 Å². The van der Waals surface area contributed by atoms with E-state index in [-0.39, 0.29) is 33.3 Å². The van der Waals surface area contributed by atoms with E-state index in [1.807, 2.05) is 13.8 Å². The summed E-state index contributed by atoms with van der Waals surface area (Å²) in [6.07, 6.45) is 2.10. The number of rotatable bonds is 10. The Morgan fingerprint density at radius 3 is 0.784 bits per heavy atom. The molecular formula is C28H56O8Ti. The molecule has 0 aromatic heterocycles. The number of ketones is 2. The van der Waals surface area contributed by atoms with Gasteiger partial charge in [0.1, 0.15) is 11.8 Å². The Balaban J connectivity index is -0.000000133. The molecule has 0 aromatic carbocycles. The Kier molecular flexibility index (Phi) is 24.6. The van der Waals surface area contributed by atoms with E-state index in [9.17, 15) is 19.2 Å². The molecule has 0 spiro atoms. The fourth-order valence-electron chi connectivity index (χ4n) is 2.24. The molecule has 0 bridgehead atoms. The number of carboxylic acids is 2. The topological polar surface area (TPSA) is 149 Å². The molecular weight excluding hydrogens is 512 g/mol. The maximum Gasteiger partial charge on any atom is 0.314 e. The van der Waals surface area contributed by atoms with Crippen molar-refractivity contribution in [3.63, 3.8) is 0 Å². The number of carbonyl (C=O) groups is 4. The summed E-state index contributed by atoms with van der Waals surface area (Å²) in [7, 11) is 0. The van der Waals surface area contributed by atoms with Crippen molar-refractivity contribution in [1.82, 2.24) is 0 Å². The van der Waals surface area contributed by atoms with E-state index in [0.717, 1.165) is 0 Å². The van der Waals surface area contributed by atoms with Crippen LogP contribution in [0.25, 0.3) is 0 Å². The number of carboxylic acid groups (broad SMARTS) is 2. The Hall–Kier alpha value is -1.09. The molecule has 220 valence electrons. The van der Waals surface area contributed by atoms with Crippen molar-refractivity contribution in [3.8, 4) is 0 Å². The van der Waals surface area contributed by atoms with Crippen LogP contribution in [0.3, 0.4) is 0 Å². The molecule has 0 aliphatic carbocycles. The summed E-state index contributed by atoms with van der Waals surface area (Å²) in [6.45, 7) is 24.9. The molecule has 0 aliphatic heterocycles. The molecule has 8 nitrogen and oxygen atoms in total. The maximum absolute atomic E-state index is 11.7. The van der Waals surface area contributed by atoms with Gasteiger partial charge >= 0.3 is 11.9 Å². The van der Waals surface area contributed by atoms with Crippen molar-refractivity contribution in [2.45, 2.75) is 134 Å². The van der Waals surface area contributed by atoms with Crippen molar-refractivity contribution in [3.05, 3.63) is 0 Å². The predicted octanol–water partition coefficient (Wildman–Crippen LogP) is 5.76. The van der Waals surface area contributed by atoms with E-state index >= 15 is 0 Å². The zero-order valence-corrected chi connectivity index (χ0v) is 27.5. The standard InChI is InChI=1S/2C10H18O3.2C4H10O.Ti/c2*1-5-7(9(12)13)8(11)10(3,4)6-2;2*1-4(2,3)5;/h2*7H,5-6H2,1-4H3,(H,12,13);2*5H,1-3H3;. The van der Waals surface area contributed by atoms with E-state index in [0.29, 0.717) is 25.7 Å². The summed E-state index contributed by atoms with van der Waals surface area (Å²) < 4.78 is 0. The third-order valence-corrected chi connectivity index (χ3v) is 5.15. The van der Waals surface area contributed by atoms with Crippen molar-refractivity contribution in [2.24, 2.45) is 22.7 Å². The van der Waals surface area contributed by atoms with E-state index in [2.05, 4.69) is 0 Å². The Labute approximate surface area is 240 Å². The van der Waals surface area contributed by atoms with E-state index in [4.69, 9.17) is 20.4 Å². The monoisotopic (exact) mass is 568 g/mol. The number of aliphatic carboxylic acids is 2. The first-order valence-electron chi connectivity index (χ1n) is 12.7. The Morgan fingerprint density at radius 1 is 0.541 bits per heavy atom. The summed E-state index contributed by atoms with van der Waals surface area (Å²) >= 11 is 0. The molecule has 0 heterocycles. The molecule has 0 radical (unpaired) electrons. The van der Waals surface area contributed by atoms with Crippen LogP contribution in [0.2, 0.25) is 0 Å². The number of hydrogen-bond acceptors (Lipinski definition) is 6. The van der Waals surface area contributed by atoms with Gasteiger partial charge in [0.15, 0.2) is 11.6 Å². The molecule has 0 amide bonds. The second-order valence-electron chi connectivity index (χ2n) is 12.1. The number of hydrogen-bond donors (Lipinski definition) is 4. The van der Waals surface area contributed by atoms with Crippen molar-refractivity contribution in [1.29, 1.82) is 0 Å². The molecule has 0 aromatic rings. The van der Waals surface area contributed by atoms with Gasteiger partial charge in [0.05, 0.1) is 11.2 Å². The number of carbonyl (C=O) groups excluding carboxylic acids is 2. The van der Waals surface area contributed by atoms with Gasteiger partial charge in [0.2, 0.25) is 0 Å². The maximum atomic E-state index is 11.7. The summed E-state index contributed by atoms with van der Waals surface area (Å²) in [5.74, 6) is -4.01. The second kappa shape index (κ2) is 19.9. The summed E-state index contributed by atoms with van der Waals surface area (Å²) in [4.78, 5) is 44.8. The van der Waals surface area contributed by atoms with Crippen LogP contribution >= 0.6 is 0 Å². The minimum Gasteiger partial charge on any atom is -0.481 e. The quantitative estimate of drug-likeness (QED) is 0.192. The molecule has 2 unspecified atom stereocenters. The van der Waals surface area contributed by atoms with Crippen LogP contribution in [0, 0.1) is 22.7 Å². The minimum atomic E-state index is -1.01. The normalized spacial score (nSPS) is 13.0. The van der Waals surface area contributed by atoms with E-state index < -0.39 is 45.8 Å². The third kappa shape index (κ3) is 27.8. The third-order valence-electron chi connectivity index (χ3n) is 5.15. The average Bonchev–Trinajstić information content (AvgIpc) is 2.66. The second-order valence-corrected chi connectivity index (χ2v) is 12.1. The SMILES string of the molecule is CC(C)(C)O.CC(C)(C)O.CCC(C(=O)O)C(=O)C(C)(C)CC.CCC(C(=O)O)C(=O)C(C)(C)CC.[Ti]. The first-order chi connectivity index (χ1) is 15.7. The summed E-state index contributed by atoms with van der Waals surface area (Å²) in [5, 5.41) is 34.6. The Bertz CT molecular complexity index is 601. The van der Waals surface area contributed by atoms with Crippen molar-refractivity contribution >= 4 is 23.5 Å². The molecule has 0 rings (SSSR count). The zero-order valence-electron chi connectivity index (χ0n) is 25.9. The van der Waals surface area contributed by atoms with Gasteiger partial charge in [-0.2, -0.15) is 0 Å². The number of Topliss-reactive ketones (excluding diaryl/α,β-unsaturated/α-hetero) is 2. The van der Waals surface area contributed by atoms with Crippen LogP contribution in [-0.2, 0) is 40.9 Å². The van der Waals surface area contributed by atoms with Gasteiger partial charge in [-0.3, -0.25) is 19.2 Å². The average molecular weight is 569 g/mol. The molecule has 4 N–H and O–H groups in total. The first kappa shape index (κ1) is 45.8. The van der Waals surface area contributed by atoms with Crippen LogP contribution in [0.4, 0.5) is 0 Å². The molecule has 9 heteroatoms. The van der Waals surface area contributed by atoms with Gasteiger partial charge in [-0.1, -0.05) is 55.4 Å². The van der Waals surface area contributed by atoms with Crippen molar-refractivity contribution < 1.29 is 61.3 Å². The van der Waals surface area contributed by atoms with Crippen LogP contribution in [0.5, 0.6) is 0 Å². The smallest absolute Gasteiger partial charge is 0.314 e. The van der Waals surface area contributed by atoms with E-state index in [1.165, 1.54) is 0 Å². The van der Waals surface area contributed by atoms with Gasteiger partial charge in [-0.25, -0.2) is 0 Å². The molecule has 0 saturated carbocycles. The van der Waals surface area contributed by atoms with Crippen molar-refractivity contribution in [2.75, 3.05) is 0 Å². The minimum absolute atomic E-state index is 0. The molecule has 2 atom stereocenters. The summed E-state index contributed by atoms with van der Waals surface area (Å²) in [6, 6.07) is 0. The largest absolute Gasteiger partial charge is 0.481 e. The number of aliphatic hydroxyl groups is 2. The molecule has 37 heavy (non-hydrogen) atoms. The zero-order chi connectivity index (χ0) is 30.3. The molecule has 0 aliphatic rings. The van der Waals surface area contributed by atoms with Gasteiger partial charge in [0.25, 0.3) is 0 Å². The van der Waals surface area contributed by atoms with Gasteiger partial charge < -0.3 is 20.4 Å². The van der Waals surface area contributed by atoms with Crippen LogP contribution in [0.1, 0.15) is 123 Å². The van der Waals surface area contributed by atoms with Gasteiger partial charge in [-0.15, -0.1) is 0 Å². The molecule has 0 fully saturated rings. The Morgan fingerprint density at radius 2 is 0.703 bits per heavy atom. The van der Waals surface area contributed by atoms with Crippen LogP contribution in [0.15, 0.2) is 0 Å². The van der Waals surface area contributed by atoms with Gasteiger partial charge in [-0.05, 0) is 67.2 Å². The van der Waals surface area contributed by atoms with E-state index in [1.54, 1.807) is 83.1 Å². The van der Waals surface area contributed by atoms with Crippen LogP contribution in [-0.4, -0.2) is 55.1 Å². The first-order valence-corrected chi connectivity index (χ1v) is 12.7. The van der Waals surface area contributed by atoms with Crippen LogP contribution < -0.4 is 0 Å². The fourth-order valence-corrected chi connectivity index (χ4v) is 2.24.